The van der Waals surface area contributed by atoms with Crippen LogP contribution in [0.5, 0.6) is 0 Å². The number of benzene rings is 1. The molecule has 0 aliphatic carbocycles. The molecule has 4 nitrogen and oxygen atoms in total. The van der Waals surface area contributed by atoms with Gasteiger partial charge in [0.15, 0.2) is 0 Å². The van der Waals surface area contributed by atoms with Gasteiger partial charge >= 0.3 is 5.97 Å². The minimum atomic E-state index is -0.889. The van der Waals surface area contributed by atoms with Gasteiger partial charge in [0.2, 0.25) is 0 Å². The molecule has 21 heavy (non-hydrogen) atoms. The highest BCUT2D eigenvalue weighted by atomic mass is 32.2. The van der Waals surface area contributed by atoms with Crippen LogP contribution >= 0.6 is 23.5 Å². The lowest BCUT2D eigenvalue weighted by Gasteiger charge is -2.19. The molecule has 1 aliphatic heterocycles. The minimum absolute atomic E-state index is 0.138. The number of hydrogen-bond acceptors (Lipinski definition) is 4. The Morgan fingerprint density at radius 1 is 1.29 bits per heavy atom. The van der Waals surface area contributed by atoms with Crippen molar-refractivity contribution in [1.82, 2.24) is 4.90 Å². The van der Waals surface area contributed by atoms with Crippen molar-refractivity contribution >= 4 is 35.4 Å². The summed E-state index contributed by atoms with van der Waals surface area (Å²) in [5.41, 5.74) is 1.84. The molecule has 1 N–H and O–H groups in total. The standard InChI is InChI=1S/C15H19NO3S2/c1-10(14(18)19)9-16(2)13(17)11-3-5-12(6-4-11)15-20-7-8-21-15/h3-6,10,15H,7-9H2,1-2H3,(H,18,19). The van der Waals surface area contributed by atoms with Gasteiger partial charge in [-0.1, -0.05) is 19.1 Å². The van der Waals surface area contributed by atoms with E-state index in [1.807, 2.05) is 47.8 Å². The van der Waals surface area contributed by atoms with Gasteiger partial charge in [-0.2, -0.15) is 0 Å². The van der Waals surface area contributed by atoms with Gasteiger partial charge in [0.05, 0.1) is 10.5 Å². The lowest BCUT2D eigenvalue weighted by molar-refractivity contribution is -0.141. The largest absolute Gasteiger partial charge is 0.481 e. The van der Waals surface area contributed by atoms with Crippen LogP contribution in [0.1, 0.15) is 27.4 Å². The van der Waals surface area contributed by atoms with Gasteiger partial charge in [0, 0.05) is 30.7 Å². The monoisotopic (exact) mass is 325 g/mol. The topological polar surface area (TPSA) is 57.6 Å². The van der Waals surface area contributed by atoms with E-state index in [-0.39, 0.29) is 12.5 Å². The highest BCUT2D eigenvalue weighted by molar-refractivity contribution is 8.19. The minimum Gasteiger partial charge on any atom is -0.481 e. The van der Waals surface area contributed by atoms with Crippen LogP contribution in [0.4, 0.5) is 0 Å². The van der Waals surface area contributed by atoms with Crippen LogP contribution in [-0.2, 0) is 4.79 Å². The molecule has 1 aromatic carbocycles. The van der Waals surface area contributed by atoms with Crippen molar-refractivity contribution in [3.8, 4) is 0 Å². The van der Waals surface area contributed by atoms with Crippen molar-refractivity contribution in [1.29, 1.82) is 0 Å². The van der Waals surface area contributed by atoms with Crippen LogP contribution in [0, 0.1) is 5.92 Å². The maximum absolute atomic E-state index is 12.3. The molecule has 2 rings (SSSR count). The van der Waals surface area contributed by atoms with Crippen LogP contribution < -0.4 is 0 Å². The van der Waals surface area contributed by atoms with Gasteiger partial charge in [-0.05, 0) is 17.7 Å². The highest BCUT2D eigenvalue weighted by Gasteiger charge is 2.20. The van der Waals surface area contributed by atoms with E-state index in [9.17, 15) is 9.59 Å². The summed E-state index contributed by atoms with van der Waals surface area (Å²) in [5.74, 6) is 0.753. The Kier molecular flexibility index (Phi) is 5.58. The number of carboxylic acid groups (broad SMARTS) is 1. The third-order valence-electron chi connectivity index (χ3n) is 3.37. The Morgan fingerprint density at radius 3 is 2.38 bits per heavy atom. The molecule has 1 amide bonds. The molecule has 1 aromatic rings. The molecule has 1 heterocycles. The van der Waals surface area contributed by atoms with Gasteiger partial charge in [0.1, 0.15) is 0 Å². The maximum Gasteiger partial charge on any atom is 0.308 e. The number of nitrogens with zero attached hydrogens (tertiary/aromatic N) is 1. The van der Waals surface area contributed by atoms with Gasteiger partial charge in [-0.25, -0.2) is 0 Å². The Hall–Kier alpha value is -1.14. The van der Waals surface area contributed by atoms with Crippen molar-refractivity contribution in [3.05, 3.63) is 35.4 Å². The van der Waals surface area contributed by atoms with Crippen molar-refractivity contribution in [2.24, 2.45) is 5.92 Å². The smallest absolute Gasteiger partial charge is 0.308 e. The second-order valence-electron chi connectivity index (χ2n) is 5.12. The predicted octanol–water partition coefficient (Wildman–Crippen LogP) is 2.96. The van der Waals surface area contributed by atoms with E-state index in [1.54, 1.807) is 14.0 Å². The summed E-state index contributed by atoms with van der Waals surface area (Å²) in [6.07, 6.45) is 0. The fourth-order valence-corrected chi connectivity index (χ4v) is 4.99. The lowest BCUT2D eigenvalue weighted by atomic mass is 10.1. The number of aliphatic carboxylic acids is 1. The van der Waals surface area contributed by atoms with Crippen LogP contribution in [0.15, 0.2) is 24.3 Å². The first-order valence-corrected chi connectivity index (χ1v) is 8.90. The summed E-state index contributed by atoms with van der Waals surface area (Å²) in [4.78, 5) is 24.6. The molecule has 0 radical (unpaired) electrons. The average Bonchev–Trinajstić information content (AvgIpc) is 3.00. The van der Waals surface area contributed by atoms with Crippen molar-refractivity contribution in [2.45, 2.75) is 11.5 Å². The van der Waals surface area contributed by atoms with E-state index in [4.69, 9.17) is 5.11 Å². The molecule has 0 saturated carbocycles. The Labute approximate surface area is 133 Å². The summed E-state index contributed by atoms with van der Waals surface area (Å²) in [5, 5.41) is 8.90. The first kappa shape index (κ1) is 16.2. The van der Waals surface area contributed by atoms with Gasteiger partial charge in [-0.3, -0.25) is 9.59 Å². The number of carboxylic acids is 1. The number of rotatable bonds is 5. The molecule has 1 fully saturated rings. The van der Waals surface area contributed by atoms with Gasteiger partial charge < -0.3 is 10.0 Å². The molecule has 1 atom stereocenters. The van der Waals surface area contributed by atoms with E-state index in [1.165, 1.54) is 22.0 Å². The number of carbonyl (C=O) groups is 2. The number of carbonyl (C=O) groups excluding carboxylic acids is 1. The second kappa shape index (κ2) is 7.22. The Bertz CT molecular complexity index is 512. The second-order valence-corrected chi connectivity index (χ2v) is 7.84. The SMILES string of the molecule is CC(CN(C)C(=O)c1ccc(C2SCCS2)cc1)C(=O)O. The molecular weight excluding hydrogens is 306 g/mol. The molecule has 1 unspecified atom stereocenters. The zero-order valence-corrected chi connectivity index (χ0v) is 13.7. The zero-order valence-electron chi connectivity index (χ0n) is 12.1. The fraction of sp³-hybridized carbons (Fsp3) is 0.467. The normalized spacial score (nSPS) is 16.7. The number of amides is 1. The summed E-state index contributed by atoms with van der Waals surface area (Å²) in [6, 6.07) is 7.66. The Balaban J connectivity index is 2.00. The molecule has 0 bridgehead atoms. The van der Waals surface area contributed by atoms with Crippen molar-refractivity contribution in [2.75, 3.05) is 25.1 Å². The molecule has 114 valence electrons. The third-order valence-corrected chi connectivity index (χ3v) is 6.47. The fourth-order valence-electron chi connectivity index (χ4n) is 2.13. The molecule has 0 spiro atoms. The van der Waals surface area contributed by atoms with Crippen LogP contribution in [0.2, 0.25) is 0 Å². The average molecular weight is 325 g/mol. The molecule has 0 aromatic heterocycles. The van der Waals surface area contributed by atoms with E-state index < -0.39 is 11.9 Å². The van der Waals surface area contributed by atoms with Crippen molar-refractivity contribution in [3.63, 3.8) is 0 Å². The Morgan fingerprint density at radius 2 is 1.86 bits per heavy atom. The van der Waals surface area contributed by atoms with E-state index >= 15 is 0 Å². The van der Waals surface area contributed by atoms with Crippen LogP contribution in [0.25, 0.3) is 0 Å². The number of thioether (sulfide) groups is 2. The maximum atomic E-state index is 12.3. The molecular formula is C15H19NO3S2. The van der Waals surface area contributed by atoms with Crippen LogP contribution in [0.3, 0.4) is 0 Å². The van der Waals surface area contributed by atoms with E-state index in [2.05, 4.69) is 0 Å². The van der Waals surface area contributed by atoms with Gasteiger partial charge in [0.25, 0.3) is 5.91 Å². The van der Waals surface area contributed by atoms with E-state index in [0.717, 1.165) is 0 Å². The molecule has 1 aliphatic rings. The first-order chi connectivity index (χ1) is 9.99. The zero-order chi connectivity index (χ0) is 15.4. The lowest BCUT2D eigenvalue weighted by Crippen LogP contribution is -2.33. The van der Waals surface area contributed by atoms with Gasteiger partial charge in [-0.15, -0.1) is 23.5 Å². The quantitative estimate of drug-likeness (QED) is 0.902. The number of hydrogen-bond donors (Lipinski definition) is 1. The third kappa shape index (κ3) is 4.17. The summed E-state index contributed by atoms with van der Waals surface area (Å²) < 4.78 is 0.471. The van der Waals surface area contributed by atoms with Crippen molar-refractivity contribution < 1.29 is 14.7 Å². The predicted molar refractivity (Wildman–Crippen MR) is 87.9 cm³/mol. The first-order valence-electron chi connectivity index (χ1n) is 6.80. The molecule has 1 saturated heterocycles. The highest BCUT2D eigenvalue weighted by Crippen LogP contribution is 2.45. The summed E-state index contributed by atoms with van der Waals surface area (Å²) in [7, 11) is 1.64. The van der Waals surface area contributed by atoms with E-state index in [0.29, 0.717) is 10.1 Å². The summed E-state index contributed by atoms with van der Waals surface area (Å²) >= 11 is 3.86. The summed E-state index contributed by atoms with van der Waals surface area (Å²) in [6.45, 7) is 1.81. The van der Waals surface area contributed by atoms with Crippen LogP contribution in [-0.4, -0.2) is 47.0 Å². The molecule has 6 heteroatoms.